The molecule has 2 aromatic heterocycles. The maximum Gasteiger partial charge on any atom is 0.281 e. The molecule has 0 unspecified atom stereocenters. The quantitative estimate of drug-likeness (QED) is 0.432. The molecule has 0 bridgehead atoms. The highest BCUT2D eigenvalue weighted by molar-refractivity contribution is 9.10. The minimum atomic E-state index is -0.374. The van der Waals surface area contributed by atoms with E-state index < -0.39 is 0 Å². The Labute approximate surface area is 176 Å². The summed E-state index contributed by atoms with van der Waals surface area (Å²) in [6, 6.07) is 12.9. The lowest BCUT2D eigenvalue weighted by Crippen LogP contribution is -2.15. The van der Waals surface area contributed by atoms with E-state index >= 15 is 0 Å². The first-order chi connectivity index (χ1) is 13.5. The molecular weight excluding hydrogens is 462 g/mol. The molecule has 138 valence electrons. The third-order valence-corrected chi connectivity index (χ3v) is 6.24. The van der Waals surface area contributed by atoms with Crippen LogP contribution in [0.5, 0.6) is 0 Å². The van der Waals surface area contributed by atoms with E-state index in [0.29, 0.717) is 32.3 Å². The number of aliphatic hydroxyl groups is 1. The molecule has 4 aromatic rings. The van der Waals surface area contributed by atoms with Crippen molar-refractivity contribution < 1.29 is 5.11 Å². The first-order valence-corrected chi connectivity index (χ1v) is 10.4. The summed E-state index contributed by atoms with van der Waals surface area (Å²) in [6.45, 7) is 0.239. The maximum absolute atomic E-state index is 12.5. The number of benzene rings is 2. The predicted molar refractivity (Wildman–Crippen MR) is 115 cm³/mol. The number of allylic oxidation sites excluding steroid dienone is 1. The molecule has 5 rings (SSSR count). The van der Waals surface area contributed by atoms with Gasteiger partial charge in [-0.05, 0) is 30.3 Å². The summed E-state index contributed by atoms with van der Waals surface area (Å²) >= 11 is 10.9. The van der Waals surface area contributed by atoms with Crippen LogP contribution >= 0.6 is 38.9 Å². The smallest absolute Gasteiger partial charge is 0.281 e. The number of thiazole rings is 1. The summed E-state index contributed by atoms with van der Waals surface area (Å²) in [4.78, 5) is 21.4. The van der Waals surface area contributed by atoms with E-state index in [0.717, 1.165) is 15.7 Å². The topological polar surface area (TPSA) is 68.0 Å². The number of hydrogen-bond donors (Lipinski definition) is 1. The molecule has 0 spiro atoms. The van der Waals surface area contributed by atoms with E-state index in [4.69, 9.17) is 11.6 Å². The van der Waals surface area contributed by atoms with Crippen LogP contribution in [0.2, 0.25) is 5.02 Å². The lowest BCUT2D eigenvalue weighted by atomic mass is 10.2. The van der Waals surface area contributed by atoms with Crippen molar-refractivity contribution >= 4 is 55.3 Å². The summed E-state index contributed by atoms with van der Waals surface area (Å²) in [6.07, 6.45) is 0. The van der Waals surface area contributed by atoms with Gasteiger partial charge in [0, 0.05) is 20.4 Å². The van der Waals surface area contributed by atoms with Gasteiger partial charge in [0.15, 0.2) is 5.82 Å². The molecule has 1 N–H and O–H groups in total. The summed E-state index contributed by atoms with van der Waals surface area (Å²) in [5.41, 5.74) is 2.59. The Kier molecular flexibility index (Phi) is 4.12. The van der Waals surface area contributed by atoms with E-state index in [1.165, 1.54) is 11.3 Å². The molecule has 8 heteroatoms. The van der Waals surface area contributed by atoms with Gasteiger partial charge in [-0.3, -0.25) is 4.79 Å². The molecule has 0 amide bonds. The van der Waals surface area contributed by atoms with Gasteiger partial charge in [-0.25, -0.2) is 4.98 Å². The molecule has 0 saturated heterocycles. The SMILES string of the molecule is O=c1nc2n(c3ccc(Cl)cc13)CC(O)=C2c1nc(-c2ccc(Br)cc2)cs1. The molecule has 2 aromatic carbocycles. The van der Waals surface area contributed by atoms with Crippen LogP contribution in [-0.4, -0.2) is 19.6 Å². The Morgan fingerprint density at radius 2 is 1.93 bits per heavy atom. The molecule has 0 aliphatic carbocycles. The van der Waals surface area contributed by atoms with Crippen molar-refractivity contribution in [2.45, 2.75) is 6.54 Å². The summed E-state index contributed by atoms with van der Waals surface area (Å²) in [7, 11) is 0. The van der Waals surface area contributed by atoms with Crippen molar-refractivity contribution in [3.8, 4) is 11.3 Å². The second kappa shape index (κ2) is 6.55. The van der Waals surface area contributed by atoms with Crippen LogP contribution in [-0.2, 0) is 6.54 Å². The molecule has 3 heterocycles. The second-order valence-corrected chi connectivity index (χ2v) is 8.56. The van der Waals surface area contributed by atoms with Crippen molar-refractivity contribution in [3.05, 3.63) is 84.3 Å². The number of hydrogen-bond acceptors (Lipinski definition) is 5. The zero-order valence-corrected chi connectivity index (χ0v) is 17.3. The fraction of sp³-hybridized carbons (Fsp3) is 0.0500. The van der Waals surface area contributed by atoms with Crippen LogP contribution in [0.1, 0.15) is 10.8 Å². The highest BCUT2D eigenvalue weighted by Gasteiger charge is 2.28. The molecule has 0 radical (unpaired) electrons. The van der Waals surface area contributed by atoms with Gasteiger partial charge in [-0.2, -0.15) is 4.98 Å². The molecule has 0 saturated carbocycles. The monoisotopic (exact) mass is 471 g/mol. The van der Waals surface area contributed by atoms with Gasteiger partial charge in [0.05, 0.1) is 28.7 Å². The van der Waals surface area contributed by atoms with Crippen molar-refractivity contribution in [1.82, 2.24) is 14.5 Å². The Balaban J connectivity index is 1.64. The molecule has 0 atom stereocenters. The van der Waals surface area contributed by atoms with Gasteiger partial charge in [0.2, 0.25) is 0 Å². The Hall–Kier alpha value is -2.48. The molecule has 1 aliphatic heterocycles. The molecule has 0 fully saturated rings. The van der Waals surface area contributed by atoms with Crippen molar-refractivity contribution in [1.29, 1.82) is 0 Å². The average molecular weight is 473 g/mol. The van der Waals surface area contributed by atoms with E-state index in [9.17, 15) is 9.90 Å². The number of fused-ring (bicyclic) bond motifs is 3. The highest BCUT2D eigenvalue weighted by Crippen LogP contribution is 2.36. The van der Waals surface area contributed by atoms with Crippen LogP contribution in [0.25, 0.3) is 27.7 Å². The molecule has 5 nitrogen and oxygen atoms in total. The molecular formula is C20H11BrClN3O2S. The number of aliphatic hydroxyl groups excluding tert-OH is 1. The van der Waals surface area contributed by atoms with E-state index in [1.54, 1.807) is 18.2 Å². The van der Waals surface area contributed by atoms with Gasteiger partial charge in [-0.1, -0.05) is 39.7 Å². The maximum atomic E-state index is 12.5. The number of halogens is 2. The Morgan fingerprint density at radius 3 is 2.71 bits per heavy atom. The summed E-state index contributed by atoms with van der Waals surface area (Å²) < 4.78 is 2.81. The van der Waals surface area contributed by atoms with Crippen molar-refractivity contribution in [3.63, 3.8) is 0 Å². The van der Waals surface area contributed by atoms with Gasteiger partial charge in [0.1, 0.15) is 10.8 Å². The van der Waals surface area contributed by atoms with Crippen LogP contribution in [0.4, 0.5) is 0 Å². The minimum Gasteiger partial charge on any atom is -0.510 e. The van der Waals surface area contributed by atoms with Crippen LogP contribution in [0.15, 0.2) is 62.9 Å². The summed E-state index contributed by atoms with van der Waals surface area (Å²) in [5.74, 6) is 0.570. The Morgan fingerprint density at radius 1 is 1.14 bits per heavy atom. The summed E-state index contributed by atoms with van der Waals surface area (Å²) in [5, 5.41) is 14.1. The lowest BCUT2D eigenvalue weighted by Gasteiger charge is -2.08. The number of nitrogens with zero attached hydrogens (tertiary/aromatic N) is 3. The minimum absolute atomic E-state index is 0.144. The van der Waals surface area contributed by atoms with Crippen molar-refractivity contribution in [2.75, 3.05) is 0 Å². The number of aromatic nitrogens is 3. The van der Waals surface area contributed by atoms with Crippen LogP contribution in [0.3, 0.4) is 0 Å². The van der Waals surface area contributed by atoms with E-state index in [-0.39, 0.29) is 17.9 Å². The van der Waals surface area contributed by atoms with Gasteiger partial charge in [0.25, 0.3) is 5.56 Å². The Bertz CT molecular complexity index is 1340. The fourth-order valence-electron chi connectivity index (χ4n) is 3.32. The zero-order chi connectivity index (χ0) is 19.4. The van der Waals surface area contributed by atoms with Gasteiger partial charge >= 0.3 is 0 Å². The first-order valence-electron chi connectivity index (χ1n) is 8.36. The zero-order valence-electron chi connectivity index (χ0n) is 14.2. The molecule has 1 aliphatic rings. The lowest BCUT2D eigenvalue weighted by molar-refractivity contribution is 0.389. The first kappa shape index (κ1) is 17.6. The fourth-order valence-corrected chi connectivity index (χ4v) is 4.64. The average Bonchev–Trinajstić information content (AvgIpc) is 3.27. The van der Waals surface area contributed by atoms with Crippen molar-refractivity contribution in [2.24, 2.45) is 0 Å². The standard InChI is InChI=1S/C20H11BrClN3O2S/c21-11-3-1-10(2-4-11)14-9-28-20(23-14)17-16(26)8-25-15-6-5-12(22)7-13(15)19(27)24-18(17)25/h1-7,9,26H,8H2. The van der Waals surface area contributed by atoms with Crippen LogP contribution < -0.4 is 5.56 Å². The van der Waals surface area contributed by atoms with Gasteiger partial charge < -0.3 is 9.67 Å². The van der Waals surface area contributed by atoms with E-state index in [2.05, 4.69) is 25.9 Å². The van der Waals surface area contributed by atoms with Gasteiger partial charge in [-0.15, -0.1) is 11.3 Å². The highest BCUT2D eigenvalue weighted by atomic mass is 79.9. The van der Waals surface area contributed by atoms with Crippen LogP contribution in [0, 0.1) is 0 Å². The largest absolute Gasteiger partial charge is 0.510 e. The second-order valence-electron chi connectivity index (χ2n) is 6.35. The number of rotatable bonds is 2. The third kappa shape index (κ3) is 2.78. The third-order valence-electron chi connectivity index (χ3n) is 4.62. The van der Waals surface area contributed by atoms with E-state index in [1.807, 2.05) is 34.2 Å². The molecule has 28 heavy (non-hydrogen) atoms. The normalized spacial score (nSPS) is 13.4. The predicted octanol–water partition coefficient (Wildman–Crippen LogP) is 5.27.